The van der Waals surface area contributed by atoms with Crippen LogP contribution >= 0.6 is 0 Å². The Labute approximate surface area is 143 Å². The largest absolute Gasteiger partial charge is 0.496 e. The molecule has 0 radical (unpaired) electrons. The van der Waals surface area contributed by atoms with Gasteiger partial charge in [0.25, 0.3) is 5.91 Å². The Morgan fingerprint density at radius 3 is 2.79 bits per heavy atom. The molecule has 0 saturated carbocycles. The molecule has 0 aliphatic rings. The Morgan fingerprint density at radius 2 is 2.04 bits per heavy atom. The molecular formula is C19H25N3O2. The van der Waals surface area contributed by atoms with E-state index in [2.05, 4.69) is 29.5 Å². The lowest BCUT2D eigenvalue weighted by Crippen LogP contribution is -2.26. The number of nitrogens with zero attached hydrogens (tertiary/aromatic N) is 1. The molecule has 5 nitrogen and oxygen atoms in total. The van der Waals surface area contributed by atoms with Crippen molar-refractivity contribution in [3.8, 4) is 5.75 Å². The first-order chi connectivity index (χ1) is 11.6. The van der Waals surface area contributed by atoms with E-state index in [1.165, 1.54) is 0 Å². The maximum absolute atomic E-state index is 12.1. The van der Waals surface area contributed by atoms with Gasteiger partial charge in [0.05, 0.1) is 7.11 Å². The van der Waals surface area contributed by atoms with Crippen LogP contribution in [-0.2, 0) is 6.54 Å². The molecule has 0 saturated heterocycles. The zero-order chi connectivity index (χ0) is 17.4. The quantitative estimate of drug-likeness (QED) is 0.779. The Balaban J connectivity index is 1.96. The molecule has 1 aromatic heterocycles. The molecule has 5 heteroatoms. The number of para-hydroxylation sites is 1. The Bertz CT molecular complexity index is 671. The highest BCUT2D eigenvalue weighted by atomic mass is 16.5. The standard InChI is InChI=1S/C19H25N3O2/c1-14(2)8-10-21-19(23)17-12-16(9-11-20-17)22-13-15-6-4-5-7-18(15)24-3/h4-7,9,11-12,14H,8,10,13H2,1-3H3,(H,20,22)(H,21,23). The van der Waals surface area contributed by atoms with Gasteiger partial charge in [0.1, 0.15) is 11.4 Å². The number of nitrogens with one attached hydrogen (secondary N) is 2. The molecule has 0 unspecified atom stereocenters. The van der Waals surface area contributed by atoms with Gasteiger partial charge in [0.2, 0.25) is 0 Å². The fourth-order valence-electron chi connectivity index (χ4n) is 2.28. The summed E-state index contributed by atoms with van der Waals surface area (Å²) in [5.74, 6) is 1.26. The van der Waals surface area contributed by atoms with Crippen molar-refractivity contribution in [3.63, 3.8) is 0 Å². The summed E-state index contributed by atoms with van der Waals surface area (Å²) in [5, 5.41) is 6.21. The van der Waals surface area contributed by atoms with Crippen LogP contribution in [0.4, 0.5) is 5.69 Å². The molecular weight excluding hydrogens is 302 g/mol. The van der Waals surface area contributed by atoms with Crippen LogP contribution in [0.3, 0.4) is 0 Å². The predicted molar refractivity (Wildman–Crippen MR) is 96.3 cm³/mol. The number of carbonyl (C=O) groups is 1. The number of hydrogen-bond donors (Lipinski definition) is 2. The van der Waals surface area contributed by atoms with E-state index < -0.39 is 0 Å². The van der Waals surface area contributed by atoms with Crippen molar-refractivity contribution in [2.24, 2.45) is 5.92 Å². The Kier molecular flexibility index (Phi) is 6.61. The molecule has 2 aromatic rings. The summed E-state index contributed by atoms with van der Waals surface area (Å²) in [5.41, 5.74) is 2.33. The molecule has 0 spiro atoms. The van der Waals surface area contributed by atoms with Gasteiger partial charge in [-0.3, -0.25) is 9.78 Å². The molecule has 1 amide bonds. The fraction of sp³-hybridized carbons (Fsp3) is 0.368. The first kappa shape index (κ1) is 17.8. The third-order valence-electron chi connectivity index (χ3n) is 3.68. The summed E-state index contributed by atoms with van der Waals surface area (Å²) >= 11 is 0. The summed E-state index contributed by atoms with van der Waals surface area (Å²) in [7, 11) is 1.66. The first-order valence-corrected chi connectivity index (χ1v) is 8.20. The monoisotopic (exact) mass is 327 g/mol. The van der Waals surface area contributed by atoms with Gasteiger partial charge in [-0.05, 0) is 30.5 Å². The fourth-order valence-corrected chi connectivity index (χ4v) is 2.28. The minimum absolute atomic E-state index is 0.142. The highest BCUT2D eigenvalue weighted by Gasteiger charge is 2.08. The number of anilines is 1. The molecule has 0 fully saturated rings. The second-order valence-corrected chi connectivity index (χ2v) is 6.03. The van der Waals surface area contributed by atoms with Crippen LogP contribution in [0.1, 0.15) is 36.3 Å². The lowest BCUT2D eigenvalue weighted by Gasteiger charge is -2.11. The van der Waals surface area contributed by atoms with E-state index in [9.17, 15) is 4.79 Å². The van der Waals surface area contributed by atoms with E-state index in [0.717, 1.165) is 23.4 Å². The summed E-state index contributed by atoms with van der Waals surface area (Å²) in [6.07, 6.45) is 2.60. The molecule has 128 valence electrons. The molecule has 2 rings (SSSR count). The van der Waals surface area contributed by atoms with Crippen LogP contribution in [0.25, 0.3) is 0 Å². The van der Waals surface area contributed by atoms with Crippen molar-refractivity contribution < 1.29 is 9.53 Å². The van der Waals surface area contributed by atoms with Gasteiger partial charge in [-0.25, -0.2) is 0 Å². The molecule has 0 bridgehead atoms. The zero-order valence-corrected chi connectivity index (χ0v) is 14.5. The van der Waals surface area contributed by atoms with Crippen molar-refractivity contribution in [2.45, 2.75) is 26.8 Å². The summed E-state index contributed by atoms with van der Waals surface area (Å²) in [6.45, 7) is 5.54. The Morgan fingerprint density at radius 1 is 1.25 bits per heavy atom. The molecule has 2 N–H and O–H groups in total. The summed E-state index contributed by atoms with van der Waals surface area (Å²) in [4.78, 5) is 16.3. The minimum atomic E-state index is -0.142. The molecule has 0 aliphatic heterocycles. The number of carbonyl (C=O) groups excluding carboxylic acids is 1. The number of amides is 1. The maximum atomic E-state index is 12.1. The summed E-state index contributed by atoms with van der Waals surface area (Å²) < 4.78 is 5.34. The van der Waals surface area contributed by atoms with Gasteiger partial charge in [-0.15, -0.1) is 0 Å². The van der Waals surface area contributed by atoms with Crippen molar-refractivity contribution in [1.29, 1.82) is 0 Å². The highest BCUT2D eigenvalue weighted by molar-refractivity contribution is 5.93. The highest BCUT2D eigenvalue weighted by Crippen LogP contribution is 2.19. The molecule has 0 atom stereocenters. The SMILES string of the molecule is COc1ccccc1CNc1ccnc(C(=O)NCCC(C)C)c1. The Hall–Kier alpha value is -2.56. The maximum Gasteiger partial charge on any atom is 0.269 e. The third kappa shape index (κ3) is 5.26. The van der Waals surface area contributed by atoms with Crippen LogP contribution < -0.4 is 15.4 Å². The second-order valence-electron chi connectivity index (χ2n) is 6.03. The van der Waals surface area contributed by atoms with Gasteiger partial charge in [-0.2, -0.15) is 0 Å². The van der Waals surface area contributed by atoms with Gasteiger partial charge in [-0.1, -0.05) is 32.0 Å². The third-order valence-corrected chi connectivity index (χ3v) is 3.68. The molecule has 24 heavy (non-hydrogen) atoms. The van der Waals surface area contributed by atoms with Gasteiger partial charge in [0.15, 0.2) is 0 Å². The number of aromatic nitrogens is 1. The predicted octanol–water partition coefficient (Wildman–Crippen LogP) is 3.48. The zero-order valence-electron chi connectivity index (χ0n) is 14.5. The second kappa shape index (κ2) is 8.91. The van der Waals surface area contributed by atoms with Crippen molar-refractivity contribution >= 4 is 11.6 Å². The average Bonchev–Trinajstić information content (AvgIpc) is 2.60. The van der Waals surface area contributed by atoms with E-state index in [0.29, 0.717) is 24.7 Å². The van der Waals surface area contributed by atoms with Gasteiger partial charge < -0.3 is 15.4 Å². The van der Waals surface area contributed by atoms with E-state index >= 15 is 0 Å². The van der Waals surface area contributed by atoms with E-state index in [4.69, 9.17) is 4.74 Å². The molecule has 0 aliphatic carbocycles. The average molecular weight is 327 g/mol. The number of benzene rings is 1. The van der Waals surface area contributed by atoms with Crippen molar-refractivity contribution in [1.82, 2.24) is 10.3 Å². The number of methoxy groups -OCH3 is 1. The lowest BCUT2D eigenvalue weighted by molar-refractivity contribution is 0.0947. The number of pyridine rings is 1. The normalized spacial score (nSPS) is 10.5. The molecule has 1 aromatic carbocycles. The smallest absolute Gasteiger partial charge is 0.269 e. The van der Waals surface area contributed by atoms with Crippen LogP contribution in [-0.4, -0.2) is 24.5 Å². The van der Waals surface area contributed by atoms with E-state index in [1.807, 2.05) is 30.3 Å². The van der Waals surface area contributed by atoms with Gasteiger partial charge in [0, 0.05) is 30.5 Å². The van der Waals surface area contributed by atoms with Crippen LogP contribution in [0.15, 0.2) is 42.6 Å². The number of hydrogen-bond acceptors (Lipinski definition) is 4. The lowest BCUT2D eigenvalue weighted by atomic mass is 10.1. The van der Waals surface area contributed by atoms with Crippen LogP contribution in [0.2, 0.25) is 0 Å². The minimum Gasteiger partial charge on any atom is -0.496 e. The molecule has 1 heterocycles. The number of ether oxygens (including phenoxy) is 1. The van der Waals surface area contributed by atoms with Crippen LogP contribution in [0, 0.1) is 5.92 Å². The van der Waals surface area contributed by atoms with E-state index in [1.54, 1.807) is 19.4 Å². The van der Waals surface area contributed by atoms with Crippen molar-refractivity contribution in [2.75, 3.05) is 19.0 Å². The number of rotatable bonds is 8. The topological polar surface area (TPSA) is 63.2 Å². The van der Waals surface area contributed by atoms with Gasteiger partial charge >= 0.3 is 0 Å². The summed E-state index contributed by atoms with van der Waals surface area (Å²) in [6, 6.07) is 11.5. The van der Waals surface area contributed by atoms with Crippen LogP contribution in [0.5, 0.6) is 5.75 Å². The van der Waals surface area contributed by atoms with Crippen molar-refractivity contribution in [3.05, 3.63) is 53.9 Å². The van der Waals surface area contributed by atoms with E-state index in [-0.39, 0.29) is 5.91 Å². The first-order valence-electron chi connectivity index (χ1n) is 8.20.